The van der Waals surface area contributed by atoms with Crippen LogP contribution in [0.4, 0.5) is 0 Å². The Hall–Kier alpha value is -3.73. The second kappa shape index (κ2) is 10.3. The molecule has 8 nitrogen and oxygen atoms in total. The maximum absolute atomic E-state index is 11.8. The molecule has 0 bridgehead atoms. The molecule has 2 aromatic rings. The van der Waals surface area contributed by atoms with Gasteiger partial charge in [0.15, 0.2) is 24.7 Å². The Morgan fingerprint density at radius 3 is 2.00 bits per heavy atom. The Bertz CT molecular complexity index is 815. The van der Waals surface area contributed by atoms with Crippen molar-refractivity contribution in [1.82, 2.24) is 10.9 Å². The third kappa shape index (κ3) is 6.59. The van der Waals surface area contributed by atoms with Gasteiger partial charge in [0.2, 0.25) is 0 Å². The first-order valence-corrected chi connectivity index (χ1v) is 8.17. The van der Waals surface area contributed by atoms with Crippen LogP contribution in [0.3, 0.4) is 0 Å². The molecule has 2 N–H and O–H groups in total. The fourth-order valence-electron chi connectivity index (χ4n) is 1.97. The fraction of sp³-hybridized carbons (Fsp3) is 0.211. The van der Waals surface area contributed by atoms with Crippen LogP contribution in [0.5, 0.6) is 17.2 Å². The smallest absolute Gasteiger partial charge is 0.276 e. The third-order valence-electron chi connectivity index (χ3n) is 3.20. The van der Waals surface area contributed by atoms with Crippen molar-refractivity contribution >= 4 is 11.8 Å². The Morgan fingerprint density at radius 1 is 0.889 bits per heavy atom. The second-order valence-corrected chi connectivity index (χ2v) is 5.19. The van der Waals surface area contributed by atoms with Crippen LogP contribution in [0.25, 0.3) is 0 Å². The Morgan fingerprint density at radius 2 is 1.44 bits per heavy atom. The van der Waals surface area contributed by atoms with Gasteiger partial charge < -0.3 is 14.2 Å². The summed E-state index contributed by atoms with van der Waals surface area (Å²) in [5.41, 5.74) is 4.95. The number of para-hydroxylation sites is 2. The van der Waals surface area contributed by atoms with Gasteiger partial charge in [-0.2, -0.15) is 5.26 Å². The van der Waals surface area contributed by atoms with Gasteiger partial charge >= 0.3 is 0 Å². The molecule has 0 unspecified atom stereocenters. The number of carbonyl (C=O) groups is 2. The zero-order chi connectivity index (χ0) is 19.5. The number of amides is 2. The van der Waals surface area contributed by atoms with E-state index in [1.54, 1.807) is 48.5 Å². The second-order valence-electron chi connectivity index (χ2n) is 5.19. The average molecular weight is 369 g/mol. The van der Waals surface area contributed by atoms with Crippen LogP contribution in [-0.4, -0.2) is 31.6 Å². The molecular weight excluding hydrogens is 350 g/mol. The minimum Gasteiger partial charge on any atom is -0.490 e. The zero-order valence-corrected chi connectivity index (χ0v) is 14.7. The van der Waals surface area contributed by atoms with Crippen LogP contribution in [0.15, 0.2) is 48.5 Å². The number of nitrogens with one attached hydrogen (secondary N) is 2. The van der Waals surface area contributed by atoms with Gasteiger partial charge in [0.1, 0.15) is 5.75 Å². The van der Waals surface area contributed by atoms with E-state index in [0.717, 1.165) is 0 Å². The molecule has 2 aromatic carbocycles. The van der Waals surface area contributed by atoms with Crippen molar-refractivity contribution in [2.75, 3.05) is 19.8 Å². The van der Waals surface area contributed by atoms with E-state index < -0.39 is 11.8 Å². The van der Waals surface area contributed by atoms with E-state index in [2.05, 4.69) is 10.9 Å². The van der Waals surface area contributed by atoms with Gasteiger partial charge in [-0.3, -0.25) is 20.4 Å². The molecule has 2 amide bonds. The van der Waals surface area contributed by atoms with E-state index in [9.17, 15) is 9.59 Å². The molecule has 0 aliphatic heterocycles. The Balaban J connectivity index is 1.70. The van der Waals surface area contributed by atoms with Crippen molar-refractivity contribution in [2.45, 2.75) is 6.92 Å². The highest BCUT2D eigenvalue weighted by atomic mass is 16.5. The van der Waals surface area contributed by atoms with E-state index in [1.165, 1.54) is 0 Å². The normalized spacial score (nSPS) is 9.63. The molecule has 0 aliphatic rings. The molecule has 27 heavy (non-hydrogen) atoms. The Labute approximate surface area is 156 Å². The zero-order valence-electron chi connectivity index (χ0n) is 14.7. The van der Waals surface area contributed by atoms with Crippen molar-refractivity contribution in [1.29, 1.82) is 5.26 Å². The van der Waals surface area contributed by atoms with Gasteiger partial charge in [0.05, 0.1) is 18.2 Å². The summed E-state index contributed by atoms with van der Waals surface area (Å²) < 4.78 is 16.0. The summed E-state index contributed by atoms with van der Waals surface area (Å²) in [7, 11) is 0. The largest absolute Gasteiger partial charge is 0.490 e. The van der Waals surface area contributed by atoms with Crippen LogP contribution in [0.1, 0.15) is 12.5 Å². The first-order chi connectivity index (χ1) is 13.1. The van der Waals surface area contributed by atoms with Crippen LogP contribution in [-0.2, 0) is 9.59 Å². The van der Waals surface area contributed by atoms with Crippen molar-refractivity contribution in [2.24, 2.45) is 0 Å². The van der Waals surface area contributed by atoms with Gasteiger partial charge in [0.25, 0.3) is 11.8 Å². The monoisotopic (exact) mass is 369 g/mol. The molecular formula is C19H19N3O5. The lowest BCUT2D eigenvalue weighted by Gasteiger charge is -2.12. The first-order valence-electron chi connectivity index (χ1n) is 8.17. The van der Waals surface area contributed by atoms with E-state index in [0.29, 0.717) is 29.4 Å². The quantitative estimate of drug-likeness (QED) is 0.684. The number of hydrazine groups is 1. The van der Waals surface area contributed by atoms with Crippen molar-refractivity contribution < 1.29 is 23.8 Å². The molecule has 0 heterocycles. The molecule has 0 atom stereocenters. The van der Waals surface area contributed by atoms with E-state index >= 15 is 0 Å². The summed E-state index contributed by atoms with van der Waals surface area (Å²) in [6, 6.07) is 15.3. The Kier molecular flexibility index (Phi) is 7.48. The number of benzene rings is 2. The number of rotatable bonds is 8. The first kappa shape index (κ1) is 19.6. The molecule has 0 saturated carbocycles. The van der Waals surface area contributed by atoms with Crippen LogP contribution < -0.4 is 25.1 Å². The minimum absolute atomic E-state index is 0.291. The summed E-state index contributed by atoms with van der Waals surface area (Å²) in [5, 5.41) is 8.71. The lowest BCUT2D eigenvalue weighted by Crippen LogP contribution is -2.45. The van der Waals surface area contributed by atoms with Crippen molar-refractivity contribution in [3.05, 3.63) is 54.1 Å². The SMILES string of the molecule is CCOc1ccccc1OCC(=O)NNC(=O)COc1ccc(C#N)cc1. The summed E-state index contributed by atoms with van der Waals surface area (Å²) >= 11 is 0. The summed E-state index contributed by atoms with van der Waals surface area (Å²) in [6.45, 7) is 1.74. The highest BCUT2D eigenvalue weighted by molar-refractivity contribution is 5.83. The summed E-state index contributed by atoms with van der Waals surface area (Å²) in [4.78, 5) is 23.5. The minimum atomic E-state index is -0.539. The van der Waals surface area contributed by atoms with Gasteiger partial charge in [-0.1, -0.05) is 12.1 Å². The number of hydrogen-bond acceptors (Lipinski definition) is 6. The summed E-state index contributed by atoms with van der Waals surface area (Å²) in [5.74, 6) is 0.333. The maximum atomic E-state index is 11.8. The van der Waals surface area contributed by atoms with Crippen molar-refractivity contribution in [3.63, 3.8) is 0 Å². The lowest BCUT2D eigenvalue weighted by molar-refractivity contribution is -0.131. The van der Waals surface area contributed by atoms with Crippen molar-refractivity contribution in [3.8, 4) is 23.3 Å². The maximum Gasteiger partial charge on any atom is 0.276 e. The van der Waals surface area contributed by atoms with Crippen LogP contribution >= 0.6 is 0 Å². The third-order valence-corrected chi connectivity index (χ3v) is 3.20. The number of carbonyl (C=O) groups excluding carboxylic acids is 2. The van der Waals surface area contributed by atoms with E-state index in [4.69, 9.17) is 19.5 Å². The predicted molar refractivity (Wildman–Crippen MR) is 96.0 cm³/mol. The molecule has 140 valence electrons. The van der Waals surface area contributed by atoms with Crippen LogP contribution in [0.2, 0.25) is 0 Å². The van der Waals surface area contributed by atoms with Gasteiger partial charge in [-0.25, -0.2) is 0 Å². The lowest BCUT2D eigenvalue weighted by atomic mass is 10.2. The fourth-order valence-corrected chi connectivity index (χ4v) is 1.97. The molecule has 0 saturated heterocycles. The molecule has 0 spiro atoms. The highest BCUT2D eigenvalue weighted by Crippen LogP contribution is 2.26. The number of nitrogens with zero attached hydrogens (tertiary/aromatic N) is 1. The summed E-state index contributed by atoms with van der Waals surface area (Å²) in [6.07, 6.45) is 0. The van der Waals surface area contributed by atoms with Crippen LogP contribution in [0, 0.1) is 11.3 Å². The van der Waals surface area contributed by atoms with E-state index in [-0.39, 0.29) is 13.2 Å². The topological polar surface area (TPSA) is 110 Å². The molecule has 8 heteroatoms. The predicted octanol–water partition coefficient (Wildman–Crippen LogP) is 1.56. The number of ether oxygens (including phenoxy) is 3. The van der Waals surface area contributed by atoms with Gasteiger partial charge in [-0.15, -0.1) is 0 Å². The molecule has 0 aliphatic carbocycles. The average Bonchev–Trinajstić information content (AvgIpc) is 2.70. The molecule has 0 radical (unpaired) electrons. The van der Waals surface area contributed by atoms with Gasteiger partial charge in [0, 0.05) is 0 Å². The molecule has 0 fully saturated rings. The molecule has 2 rings (SSSR count). The number of hydrogen-bond donors (Lipinski definition) is 2. The molecule has 0 aromatic heterocycles. The number of nitriles is 1. The highest BCUT2D eigenvalue weighted by Gasteiger charge is 2.09. The van der Waals surface area contributed by atoms with E-state index in [1.807, 2.05) is 13.0 Å². The standard InChI is InChI=1S/C19H19N3O5/c1-2-25-16-5-3-4-6-17(16)27-13-19(24)22-21-18(23)12-26-15-9-7-14(11-20)8-10-15/h3-10H,2,12-13H2,1H3,(H,21,23)(H,22,24). The van der Waals surface area contributed by atoms with Gasteiger partial charge in [-0.05, 0) is 43.3 Å².